The predicted octanol–water partition coefficient (Wildman–Crippen LogP) is 3.15. The maximum Gasteiger partial charge on any atom is 0.144 e. The Morgan fingerprint density at radius 3 is 3.00 bits per heavy atom. The average molecular weight is 200 g/mol. The van der Waals surface area contributed by atoms with E-state index < -0.39 is 0 Å². The van der Waals surface area contributed by atoms with Crippen LogP contribution in [0.25, 0.3) is 21.1 Å². The van der Waals surface area contributed by atoms with Gasteiger partial charge in [0, 0.05) is 10.8 Å². The lowest BCUT2D eigenvalue weighted by Gasteiger charge is -1.98. The molecule has 0 N–H and O–H groups in total. The number of aromatic nitrogens is 2. The molecule has 2 nitrogen and oxygen atoms in total. The van der Waals surface area contributed by atoms with Crippen LogP contribution in [0.2, 0.25) is 0 Å². The van der Waals surface area contributed by atoms with Crippen molar-refractivity contribution >= 4 is 32.7 Å². The molecule has 3 heteroatoms. The van der Waals surface area contributed by atoms with Gasteiger partial charge in [-0.25, -0.2) is 4.98 Å². The summed E-state index contributed by atoms with van der Waals surface area (Å²) in [5.74, 6) is 0. The first-order valence-electron chi connectivity index (χ1n) is 4.45. The van der Waals surface area contributed by atoms with Gasteiger partial charge in [-0.15, -0.1) is 0 Å². The van der Waals surface area contributed by atoms with Gasteiger partial charge in [0.05, 0.1) is 11.7 Å². The molecule has 3 aromatic rings. The van der Waals surface area contributed by atoms with Crippen LogP contribution >= 0.6 is 11.5 Å². The molecule has 0 aliphatic carbocycles. The van der Waals surface area contributed by atoms with Crippen LogP contribution in [-0.4, -0.2) is 9.36 Å². The van der Waals surface area contributed by atoms with Gasteiger partial charge in [-0.05, 0) is 36.7 Å². The summed E-state index contributed by atoms with van der Waals surface area (Å²) in [6.07, 6.45) is 1.87. The Morgan fingerprint density at radius 1 is 1.14 bits per heavy atom. The number of fused-ring (bicyclic) bond motifs is 2. The maximum atomic E-state index is 4.53. The molecule has 0 aliphatic heterocycles. The zero-order valence-corrected chi connectivity index (χ0v) is 8.51. The van der Waals surface area contributed by atoms with Crippen molar-refractivity contribution in [1.29, 1.82) is 0 Å². The molecule has 3 rings (SSSR count). The predicted molar refractivity (Wildman–Crippen MR) is 59.7 cm³/mol. The second-order valence-electron chi connectivity index (χ2n) is 3.40. The van der Waals surface area contributed by atoms with Crippen molar-refractivity contribution in [2.75, 3.05) is 0 Å². The highest BCUT2D eigenvalue weighted by Crippen LogP contribution is 2.22. The fraction of sp³-hybridized carbons (Fsp3) is 0.0909. The molecule has 0 spiro atoms. The molecule has 0 unspecified atom stereocenters. The Morgan fingerprint density at radius 2 is 2.07 bits per heavy atom. The minimum Gasteiger partial charge on any atom is -0.235 e. The number of pyridine rings is 1. The van der Waals surface area contributed by atoms with Gasteiger partial charge in [0.2, 0.25) is 0 Å². The highest BCUT2D eigenvalue weighted by atomic mass is 32.1. The molecule has 14 heavy (non-hydrogen) atoms. The minimum absolute atomic E-state index is 1.02. The number of nitrogens with zero attached hydrogens (tertiary/aromatic N) is 2. The third-order valence-corrected chi connectivity index (χ3v) is 3.00. The summed E-state index contributed by atoms with van der Waals surface area (Å²) in [4.78, 5) is 5.55. The first-order valence-corrected chi connectivity index (χ1v) is 5.22. The number of rotatable bonds is 0. The van der Waals surface area contributed by atoms with Crippen molar-refractivity contribution in [2.24, 2.45) is 0 Å². The normalized spacial score (nSPS) is 11.2. The van der Waals surface area contributed by atoms with E-state index in [2.05, 4.69) is 40.5 Å². The summed E-state index contributed by atoms with van der Waals surface area (Å²) in [5.41, 5.74) is 2.31. The third-order valence-electron chi connectivity index (χ3n) is 2.29. The quantitative estimate of drug-likeness (QED) is 0.557. The van der Waals surface area contributed by atoms with E-state index in [0.717, 1.165) is 15.7 Å². The molecule has 0 amide bonds. The summed E-state index contributed by atoms with van der Waals surface area (Å²) in [7, 11) is 0. The molecule has 0 radical (unpaired) electrons. The Bertz CT molecular complexity index is 613. The second kappa shape index (κ2) is 2.75. The highest BCUT2D eigenvalue weighted by Gasteiger charge is 2.01. The standard InChI is InChI=1S/C11H8N2S/c1-7-2-3-10-8(4-7)5-9-6-12-14-11(9)13-10/h2-6H,1H3. The monoisotopic (exact) mass is 200 g/mol. The van der Waals surface area contributed by atoms with Gasteiger partial charge >= 0.3 is 0 Å². The number of hydrogen-bond acceptors (Lipinski definition) is 3. The number of aryl methyl sites for hydroxylation is 1. The molecule has 0 bridgehead atoms. The van der Waals surface area contributed by atoms with E-state index in [1.54, 1.807) is 0 Å². The first kappa shape index (κ1) is 7.88. The van der Waals surface area contributed by atoms with Gasteiger partial charge in [0.1, 0.15) is 4.83 Å². The largest absolute Gasteiger partial charge is 0.235 e. The summed E-state index contributed by atoms with van der Waals surface area (Å²) >= 11 is 1.45. The fourth-order valence-corrected chi connectivity index (χ4v) is 2.22. The lowest BCUT2D eigenvalue weighted by Crippen LogP contribution is -1.79. The molecule has 2 heterocycles. The van der Waals surface area contributed by atoms with Crippen LogP contribution in [0.3, 0.4) is 0 Å². The van der Waals surface area contributed by atoms with E-state index in [1.807, 2.05) is 6.20 Å². The van der Waals surface area contributed by atoms with Crippen molar-refractivity contribution in [1.82, 2.24) is 9.36 Å². The van der Waals surface area contributed by atoms with Crippen molar-refractivity contribution in [3.8, 4) is 0 Å². The lowest BCUT2D eigenvalue weighted by molar-refractivity contribution is 1.47. The summed E-state index contributed by atoms with van der Waals surface area (Å²) in [5, 5.41) is 2.32. The van der Waals surface area contributed by atoms with E-state index in [-0.39, 0.29) is 0 Å². The number of hydrogen-bond donors (Lipinski definition) is 0. The van der Waals surface area contributed by atoms with E-state index in [9.17, 15) is 0 Å². The summed E-state index contributed by atoms with van der Waals surface area (Å²) < 4.78 is 4.13. The van der Waals surface area contributed by atoms with Crippen LogP contribution in [0.4, 0.5) is 0 Å². The molecule has 2 aromatic heterocycles. The second-order valence-corrected chi connectivity index (χ2v) is 4.18. The maximum absolute atomic E-state index is 4.53. The Hall–Kier alpha value is -1.48. The number of benzene rings is 1. The van der Waals surface area contributed by atoms with Gasteiger partial charge in [-0.3, -0.25) is 0 Å². The van der Waals surface area contributed by atoms with Crippen LogP contribution < -0.4 is 0 Å². The molecular formula is C11H8N2S. The van der Waals surface area contributed by atoms with Gasteiger partial charge in [0.25, 0.3) is 0 Å². The van der Waals surface area contributed by atoms with E-state index in [4.69, 9.17) is 0 Å². The Labute approximate surface area is 85.4 Å². The zero-order valence-electron chi connectivity index (χ0n) is 7.69. The lowest BCUT2D eigenvalue weighted by atomic mass is 10.1. The van der Waals surface area contributed by atoms with E-state index in [1.165, 1.54) is 22.5 Å². The van der Waals surface area contributed by atoms with E-state index in [0.29, 0.717) is 0 Å². The molecule has 68 valence electrons. The van der Waals surface area contributed by atoms with Crippen molar-refractivity contribution in [3.63, 3.8) is 0 Å². The molecule has 0 fully saturated rings. The topological polar surface area (TPSA) is 25.8 Å². The van der Waals surface area contributed by atoms with Gasteiger partial charge in [-0.2, -0.15) is 4.37 Å². The Balaban J connectivity index is 2.50. The van der Waals surface area contributed by atoms with Crippen LogP contribution in [0.1, 0.15) is 5.56 Å². The SMILES string of the molecule is Cc1ccc2nc3sncc3cc2c1. The smallest absolute Gasteiger partial charge is 0.144 e. The third kappa shape index (κ3) is 1.09. The zero-order chi connectivity index (χ0) is 9.54. The molecule has 0 aliphatic rings. The van der Waals surface area contributed by atoms with Crippen LogP contribution in [0.15, 0.2) is 30.5 Å². The molecule has 0 saturated carbocycles. The van der Waals surface area contributed by atoms with Crippen LogP contribution in [-0.2, 0) is 0 Å². The molecule has 1 aromatic carbocycles. The van der Waals surface area contributed by atoms with Crippen molar-refractivity contribution in [2.45, 2.75) is 6.92 Å². The van der Waals surface area contributed by atoms with Crippen molar-refractivity contribution < 1.29 is 0 Å². The molecule has 0 saturated heterocycles. The highest BCUT2D eigenvalue weighted by molar-refractivity contribution is 7.12. The van der Waals surface area contributed by atoms with Crippen molar-refractivity contribution in [3.05, 3.63) is 36.0 Å². The van der Waals surface area contributed by atoms with Gasteiger partial charge in [-0.1, -0.05) is 11.6 Å². The average Bonchev–Trinajstić information content (AvgIpc) is 2.61. The summed E-state index contributed by atoms with van der Waals surface area (Å²) in [6.45, 7) is 2.09. The van der Waals surface area contributed by atoms with Gasteiger partial charge < -0.3 is 0 Å². The molecule has 0 atom stereocenters. The van der Waals surface area contributed by atoms with Gasteiger partial charge in [0.15, 0.2) is 0 Å². The summed E-state index contributed by atoms with van der Waals surface area (Å²) in [6, 6.07) is 8.44. The fourth-order valence-electron chi connectivity index (χ4n) is 1.59. The molecular weight excluding hydrogens is 192 g/mol. The Kier molecular flexibility index (Phi) is 1.55. The van der Waals surface area contributed by atoms with Crippen LogP contribution in [0, 0.1) is 6.92 Å². The first-order chi connectivity index (χ1) is 6.83. The minimum atomic E-state index is 1.02. The van der Waals surface area contributed by atoms with E-state index >= 15 is 0 Å². The van der Waals surface area contributed by atoms with Crippen LogP contribution in [0.5, 0.6) is 0 Å².